The van der Waals surface area contributed by atoms with Crippen molar-refractivity contribution < 1.29 is 13.9 Å². The first kappa shape index (κ1) is 20.1. The maximum absolute atomic E-state index is 12.4. The van der Waals surface area contributed by atoms with Crippen LogP contribution in [0.1, 0.15) is 28.4 Å². The number of hydrogen-bond donors (Lipinski definition) is 1. The third-order valence-electron chi connectivity index (χ3n) is 4.72. The highest BCUT2D eigenvalue weighted by molar-refractivity contribution is 6.02. The van der Waals surface area contributed by atoms with Gasteiger partial charge in [-0.3, -0.25) is 4.79 Å². The molecular formula is C25H20N2O4. The van der Waals surface area contributed by atoms with Crippen molar-refractivity contribution in [1.82, 2.24) is 5.43 Å². The first-order valence-corrected chi connectivity index (χ1v) is 9.75. The number of hydrazone groups is 1. The predicted octanol–water partition coefficient (Wildman–Crippen LogP) is 4.53. The molecule has 0 saturated heterocycles. The van der Waals surface area contributed by atoms with Crippen molar-refractivity contribution in [2.24, 2.45) is 5.10 Å². The monoisotopic (exact) mass is 412 g/mol. The number of carbonyl (C=O) groups is 1. The molecule has 6 nitrogen and oxygen atoms in total. The molecule has 0 aliphatic rings. The highest BCUT2D eigenvalue weighted by Gasteiger charge is 2.10. The maximum Gasteiger partial charge on any atom is 0.345 e. The average molecular weight is 412 g/mol. The fourth-order valence-corrected chi connectivity index (χ4v) is 3.01. The summed E-state index contributed by atoms with van der Waals surface area (Å²) in [6, 6.07) is 25.5. The Morgan fingerprint density at radius 2 is 1.68 bits per heavy atom. The summed E-state index contributed by atoms with van der Waals surface area (Å²) < 4.78 is 11.0. The van der Waals surface area contributed by atoms with Crippen molar-refractivity contribution in [3.05, 3.63) is 112 Å². The smallest absolute Gasteiger partial charge is 0.345 e. The lowest BCUT2D eigenvalue weighted by Crippen LogP contribution is -2.21. The second-order valence-electron chi connectivity index (χ2n) is 6.92. The largest absolute Gasteiger partial charge is 0.489 e. The molecule has 31 heavy (non-hydrogen) atoms. The summed E-state index contributed by atoms with van der Waals surface area (Å²) in [5.41, 5.74) is 4.54. The summed E-state index contributed by atoms with van der Waals surface area (Å²) >= 11 is 0. The van der Waals surface area contributed by atoms with Crippen LogP contribution in [-0.4, -0.2) is 11.6 Å². The van der Waals surface area contributed by atoms with E-state index in [2.05, 4.69) is 10.5 Å². The number of rotatable bonds is 6. The molecule has 154 valence electrons. The normalized spacial score (nSPS) is 11.3. The first-order valence-electron chi connectivity index (χ1n) is 9.75. The number of carbonyl (C=O) groups excluding carboxylic acids is 1. The van der Waals surface area contributed by atoms with Gasteiger partial charge in [-0.1, -0.05) is 48.5 Å². The summed E-state index contributed by atoms with van der Waals surface area (Å²) in [7, 11) is 0. The van der Waals surface area contributed by atoms with Crippen LogP contribution in [0.5, 0.6) is 5.75 Å². The van der Waals surface area contributed by atoms with Gasteiger partial charge in [0.15, 0.2) is 0 Å². The van der Waals surface area contributed by atoms with Crippen LogP contribution < -0.4 is 15.8 Å². The topological polar surface area (TPSA) is 80.9 Å². The van der Waals surface area contributed by atoms with Gasteiger partial charge in [-0.05, 0) is 48.9 Å². The lowest BCUT2D eigenvalue weighted by molar-refractivity contribution is 0.0954. The number of benzene rings is 3. The average Bonchev–Trinajstić information content (AvgIpc) is 2.81. The fraction of sp³-hybridized carbons (Fsp3) is 0.0800. The van der Waals surface area contributed by atoms with Crippen molar-refractivity contribution in [3.8, 4) is 5.75 Å². The Bertz CT molecular complexity index is 1290. The zero-order chi connectivity index (χ0) is 21.6. The van der Waals surface area contributed by atoms with Gasteiger partial charge in [0.25, 0.3) is 5.91 Å². The van der Waals surface area contributed by atoms with Crippen LogP contribution in [0.2, 0.25) is 0 Å². The highest BCUT2D eigenvalue weighted by atomic mass is 16.5. The Balaban J connectivity index is 1.41. The summed E-state index contributed by atoms with van der Waals surface area (Å²) in [6.45, 7) is 2.05. The molecule has 0 radical (unpaired) electrons. The van der Waals surface area contributed by atoms with Crippen molar-refractivity contribution in [1.29, 1.82) is 0 Å². The van der Waals surface area contributed by atoms with E-state index in [0.717, 1.165) is 16.7 Å². The van der Waals surface area contributed by atoms with E-state index < -0.39 is 5.63 Å². The van der Waals surface area contributed by atoms with Gasteiger partial charge in [0, 0.05) is 10.9 Å². The van der Waals surface area contributed by atoms with Crippen LogP contribution in [0.4, 0.5) is 0 Å². The van der Waals surface area contributed by atoms with Crippen molar-refractivity contribution in [2.75, 3.05) is 0 Å². The lowest BCUT2D eigenvalue weighted by Gasteiger charge is -2.07. The third-order valence-corrected chi connectivity index (χ3v) is 4.72. The number of nitrogens with zero attached hydrogens (tertiary/aromatic N) is 1. The summed E-state index contributed by atoms with van der Waals surface area (Å²) in [4.78, 5) is 24.6. The Labute approximate surface area is 178 Å². The number of para-hydroxylation sites is 2. The number of hydrogen-bond acceptors (Lipinski definition) is 5. The van der Waals surface area contributed by atoms with Gasteiger partial charge in [-0.2, -0.15) is 5.10 Å². The van der Waals surface area contributed by atoms with Gasteiger partial charge < -0.3 is 9.15 Å². The Morgan fingerprint density at radius 1 is 0.968 bits per heavy atom. The first-order chi connectivity index (χ1) is 15.1. The standard InChI is InChI=1S/C25H20N2O4/c1-17(22-15-20-7-5-6-10-23(20)31-25(22)29)26-27-24(28)19-13-11-18(12-14-19)16-30-21-8-3-2-4-9-21/h2-15H,16H2,1H3,(H,27,28)/b26-17-. The van der Waals surface area contributed by atoms with Crippen LogP contribution >= 0.6 is 0 Å². The molecule has 0 saturated carbocycles. The molecule has 1 heterocycles. The van der Waals surface area contributed by atoms with Crippen molar-refractivity contribution in [2.45, 2.75) is 13.5 Å². The minimum absolute atomic E-state index is 0.299. The number of ether oxygens (including phenoxy) is 1. The minimum atomic E-state index is -0.503. The van der Waals surface area contributed by atoms with Crippen LogP contribution in [0, 0.1) is 0 Å². The molecule has 4 aromatic rings. The third kappa shape index (κ3) is 4.87. The van der Waals surface area contributed by atoms with Crippen molar-refractivity contribution >= 4 is 22.6 Å². The molecule has 4 rings (SSSR count). The molecule has 0 bridgehead atoms. The predicted molar refractivity (Wildman–Crippen MR) is 119 cm³/mol. The Morgan fingerprint density at radius 3 is 2.45 bits per heavy atom. The van der Waals surface area contributed by atoms with E-state index in [-0.39, 0.29) is 5.91 Å². The molecule has 0 unspecified atom stereocenters. The molecule has 1 amide bonds. The van der Waals surface area contributed by atoms with Gasteiger partial charge in [0.1, 0.15) is 17.9 Å². The number of fused-ring (bicyclic) bond motifs is 1. The molecular weight excluding hydrogens is 392 g/mol. The van der Waals surface area contributed by atoms with Gasteiger partial charge in [0.2, 0.25) is 0 Å². The Hall–Kier alpha value is -4.19. The van der Waals surface area contributed by atoms with Crippen LogP contribution in [0.15, 0.2) is 99.2 Å². The molecule has 1 aromatic heterocycles. The lowest BCUT2D eigenvalue weighted by atomic mass is 10.1. The SMILES string of the molecule is C/C(=N/NC(=O)c1ccc(COc2ccccc2)cc1)c1cc2ccccc2oc1=O. The van der Waals surface area contributed by atoms with Crippen LogP contribution in [0.3, 0.4) is 0 Å². The Kier molecular flexibility index (Phi) is 5.89. The molecule has 0 aliphatic carbocycles. The highest BCUT2D eigenvalue weighted by Crippen LogP contribution is 2.14. The molecule has 0 aliphatic heterocycles. The number of nitrogens with one attached hydrogen (secondary N) is 1. The zero-order valence-corrected chi connectivity index (χ0v) is 16.9. The summed E-state index contributed by atoms with van der Waals surface area (Å²) in [5.74, 6) is 0.410. The molecule has 3 aromatic carbocycles. The van der Waals surface area contributed by atoms with E-state index in [1.807, 2.05) is 54.6 Å². The quantitative estimate of drug-likeness (QED) is 0.287. The zero-order valence-electron chi connectivity index (χ0n) is 16.9. The summed E-state index contributed by atoms with van der Waals surface area (Å²) in [6.07, 6.45) is 0. The second-order valence-corrected chi connectivity index (χ2v) is 6.92. The number of amides is 1. The van der Waals surface area contributed by atoms with E-state index in [9.17, 15) is 9.59 Å². The summed E-state index contributed by atoms with van der Waals surface area (Å²) in [5, 5.41) is 4.85. The molecule has 0 spiro atoms. The molecule has 0 fully saturated rings. The molecule has 1 N–H and O–H groups in total. The van der Waals surface area contributed by atoms with E-state index in [1.54, 1.807) is 37.3 Å². The van der Waals surface area contributed by atoms with Gasteiger partial charge in [-0.25, -0.2) is 10.2 Å². The van der Waals surface area contributed by atoms with Crippen molar-refractivity contribution in [3.63, 3.8) is 0 Å². The van der Waals surface area contributed by atoms with Gasteiger partial charge in [-0.15, -0.1) is 0 Å². The second kappa shape index (κ2) is 9.09. The van der Waals surface area contributed by atoms with Crippen LogP contribution in [-0.2, 0) is 6.61 Å². The maximum atomic E-state index is 12.4. The van der Waals surface area contributed by atoms with E-state index >= 15 is 0 Å². The fourth-order valence-electron chi connectivity index (χ4n) is 3.01. The van der Waals surface area contributed by atoms with E-state index in [4.69, 9.17) is 9.15 Å². The van der Waals surface area contributed by atoms with Crippen LogP contribution in [0.25, 0.3) is 11.0 Å². The molecule has 6 heteroatoms. The van der Waals surface area contributed by atoms with Gasteiger partial charge >= 0.3 is 5.63 Å². The van der Waals surface area contributed by atoms with E-state index in [1.165, 1.54) is 0 Å². The van der Waals surface area contributed by atoms with Gasteiger partial charge in [0.05, 0.1) is 11.3 Å². The van der Waals surface area contributed by atoms with E-state index in [0.29, 0.717) is 29.0 Å². The minimum Gasteiger partial charge on any atom is -0.489 e. The molecule has 0 atom stereocenters.